The number of hydrogen-bond donors (Lipinski definition) is 0. The number of halogens is 2. The first-order chi connectivity index (χ1) is 11.8. The summed E-state index contributed by atoms with van der Waals surface area (Å²) in [7, 11) is -1.64. The first-order valence-corrected chi connectivity index (χ1v) is 11.7. The fourth-order valence-corrected chi connectivity index (χ4v) is 7.71. The Morgan fingerprint density at radius 2 is 0.960 bits per heavy atom. The summed E-state index contributed by atoms with van der Waals surface area (Å²) in [5, 5.41) is 0. The highest BCUT2D eigenvalue weighted by Gasteiger charge is 2.29. The summed E-state index contributed by atoms with van der Waals surface area (Å²) in [5.74, 6) is -0.209. The van der Waals surface area contributed by atoms with Gasteiger partial charge in [-0.05, 0) is 113 Å². The summed E-state index contributed by atoms with van der Waals surface area (Å²) in [5.41, 5.74) is 4.94. The minimum absolute atomic E-state index is 0.209. The second-order valence-corrected chi connectivity index (χ2v) is 12.0. The standard InChI is InChI=1S/C22H22BrFS/c1-15-9-16(2)12-21(11-15)25(23,20-7-5-19(24)6-8-20)22-13-17(3)10-18(4)14-22/h5-14H,1-4H3. The van der Waals surface area contributed by atoms with Gasteiger partial charge in [0, 0.05) is 14.7 Å². The molecule has 0 aliphatic carbocycles. The summed E-state index contributed by atoms with van der Waals surface area (Å²) in [6.07, 6.45) is 0. The quantitative estimate of drug-likeness (QED) is 0.411. The van der Waals surface area contributed by atoms with E-state index in [0.717, 1.165) is 4.90 Å². The van der Waals surface area contributed by atoms with Crippen LogP contribution in [0.3, 0.4) is 0 Å². The molecule has 0 aliphatic rings. The molecule has 0 radical (unpaired) electrons. The van der Waals surface area contributed by atoms with Gasteiger partial charge >= 0.3 is 0 Å². The Balaban J connectivity index is 2.32. The minimum Gasteiger partial charge on any atom is -0.207 e. The van der Waals surface area contributed by atoms with Crippen LogP contribution in [0, 0.1) is 33.5 Å². The molecule has 0 aromatic heterocycles. The molecule has 0 saturated heterocycles. The predicted octanol–water partition coefficient (Wildman–Crippen LogP) is 7.65. The molecule has 0 heterocycles. The molecule has 0 unspecified atom stereocenters. The van der Waals surface area contributed by atoms with Gasteiger partial charge in [-0.3, -0.25) is 0 Å². The van der Waals surface area contributed by atoms with Gasteiger partial charge in [-0.1, -0.05) is 12.1 Å². The molecule has 0 saturated carbocycles. The molecule has 0 aliphatic heterocycles. The molecule has 0 fully saturated rings. The maximum absolute atomic E-state index is 13.5. The van der Waals surface area contributed by atoms with Crippen molar-refractivity contribution in [1.82, 2.24) is 0 Å². The van der Waals surface area contributed by atoms with E-state index in [4.69, 9.17) is 0 Å². The van der Waals surface area contributed by atoms with Gasteiger partial charge in [0.1, 0.15) is 5.82 Å². The molecule has 130 valence electrons. The Kier molecular flexibility index (Phi) is 5.08. The molecular formula is C22H22BrFS. The molecule has 0 bridgehead atoms. The number of benzene rings is 3. The molecule has 3 aromatic carbocycles. The molecule has 0 amide bonds. The van der Waals surface area contributed by atoms with E-state index in [2.05, 4.69) is 78.9 Å². The van der Waals surface area contributed by atoms with Crippen molar-refractivity contribution < 1.29 is 4.39 Å². The molecule has 0 spiro atoms. The van der Waals surface area contributed by atoms with Crippen LogP contribution in [-0.2, 0) is 0 Å². The topological polar surface area (TPSA) is 0 Å². The van der Waals surface area contributed by atoms with Crippen molar-refractivity contribution in [2.75, 3.05) is 0 Å². The third-order valence-electron chi connectivity index (χ3n) is 4.18. The predicted molar refractivity (Wildman–Crippen MR) is 110 cm³/mol. The van der Waals surface area contributed by atoms with Gasteiger partial charge in [0.25, 0.3) is 0 Å². The first-order valence-electron chi connectivity index (χ1n) is 8.24. The van der Waals surface area contributed by atoms with E-state index >= 15 is 0 Å². The Morgan fingerprint density at radius 1 is 0.600 bits per heavy atom. The Morgan fingerprint density at radius 3 is 1.32 bits per heavy atom. The Bertz CT molecular complexity index is 824. The number of hydrogen-bond acceptors (Lipinski definition) is 0. The fourth-order valence-electron chi connectivity index (χ4n) is 3.22. The molecule has 0 N–H and O–H groups in total. The second kappa shape index (κ2) is 6.97. The van der Waals surface area contributed by atoms with Crippen LogP contribution < -0.4 is 0 Å². The van der Waals surface area contributed by atoms with Crippen LogP contribution in [0.15, 0.2) is 75.4 Å². The van der Waals surface area contributed by atoms with Crippen molar-refractivity contribution in [1.29, 1.82) is 0 Å². The van der Waals surface area contributed by atoms with Gasteiger partial charge in [0.15, 0.2) is 0 Å². The van der Waals surface area contributed by atoms with E-state index < -0.39 is 8.46 Å². The molecule has 0 atom stereocenters. The third-order valence-corrected chi connectivity index (χ3v) is 10.2. The van der Waals surface area contributed by atoms with Gasteiger partial charge in [-0.25, -0.2) is 4.39 Å². The largest absolute Gasteiger partial charge is 0.207 e. The molecule has 3 rings (SSSR count). The van der Waals surface area contributed by atoms with Gasteiger partial charge < -0.3 is 0 Å². The van der Waals surface area contributed by atoms with Gasteiger partial charge in [0.2, 0.25) is 0 Å². The summed E-state index contributed by atoms with van der Waals surface area (Å²) in [4.78, 5) is 3.58. The van der Waals surface area contributed by atoms with E-state index in [1.807, 2.05) is 12.1 Å². The van der Waals surface area contributed by atoms with Crippen molar-refractivity contribution in [3.63, 3.8) is 0 Å². The monoisotopic (exact) mass is 416 g/mol. The average Bonchev–Trinajstić information content (AvgIpc) is 2.53. The van der Waals surface area contributed by atoms with Crippen molar-refractivity contribution >= 4 is 23.3 Å². The van der Waals surface area contributed by atoms with E-state index in [9.17, 15) is 4.39 Å². The lowest BCUT2D eigenvalue weighted by atomic mass is 10.2. The molecule has 3 heteroatoms. The lowest BCUT2D eigenvalue weighted by molar-refractivity contribution is 0.626. The van der Waals surface area contributed by atoms with Crippen LogP contribution in [-0.4, -0.2) is 0 Å². The van der Waals surface area contributed by atoms with Gasteiger partial charge in [-0.15, -0.1) is 8.46 Å². The van der Waals surface area contributed by atoms with E-state index in [1.54, 1.807) is 12.1 Å². The van der Waals surface area contributed by atoms with Crippen LogP contribution in [0.25, 0.3) is 0 Å². The smallest absolute Gasteiger partial charge is 0.123 e. The van der Waals surface area contributed by atoms with E-state index in [1.165, 1.54) is 32.0 Å². The molecular weight excluding hydrogens is 395 g/mol. The highest BCUT2D eigenvalue weighted by atomic mass is 79.9. The van der Waals surface area contributed by atoms with Crippen LogP contribution in [0.2, 0.25) is 0 Å². The normalized spacial score (nSPS) is 12.2. The van der Waals surface area contributed by atoms with Crippen molar-refractivity contribution in [2.45, 2.75) is 42.4 Å². The van der Waals surface area contributed by atoms with E-state index in [0.29, 0.717) is 0 Å². The number of rotatable bonds is 3. The summed E-state index contributed by atoms with van der Waals surface area (Å²) in [6.45, 7) is 8.48. The summed E-state index contributed by atoms with van der Waals surface area (Å²) in [6, 6.07) is 20.2. The lowest BCUT2D eigenvalue weighted by Gasteiger charge is -2.36. The second-order valence-electron chi connectivity index (χ2n) is 6.64. The van der Waals surface area contributed by atoms with Gasteiger partial charge in [-0.2, -0.15) is 0 Å². The van der Waals surface area contributed by atoms with Gasteiger partial charge in [0.05, 0.1) is 0 Å². The highest BCUT2D eigenvalue weighted by Crippen LogP contribution is 2.74. The molecule has 3 aromatic rings. The van der Waals surface area contributed by atoms with Crippen LogP contribution in [0.4, 0.5) is 4.39 Å². The van der Waals surface area contributed by atoms with Crippen LogP contribution >= 0.6 is 23.3 Å². The maximum atomic E-state index is 13.5. The molecule has 0 nitrogen and oxygen atoms in total. The first kappa shape index (κ1) is 18.2. The van der Waals surface area contributed by atoms with Crippen molar-refractivity contribution in [3.05, 3.63) is 88.7 Å². The molecule has 25 heavy (non-hydrogen) atoms. The third kappa shape index (κ3) is 3.68. The fraction of sp³-hybridized carbons (Fsp3) is 0.182. The van der Waals surface area contributed by atoms with Crippen LogP contribution in [0.1, 0.15) is 22.3 Å². The zero-order valence-electron chi connectivity index (χ0n) is 14.9. The number of aryl methyl sites for hydroxylation is 4. The zero-order chi connectivity index (χ0) is 18.2. The SMILES string of the molecule is Cc1cc(C)cc(S(Br)(c2ccc(F)cc2)c2cc(C)cc(C)c2)c1. The zero-order valence-corrected chi connectivity index (χ0v) is 17.3. The van der Waals surface area contributed by atoms with E-state index in [-0.39, 0.29) is 5.82 Å². The average molecular weight is 417 g/mol. The lowest BCUT2D eigenvalue weighted by Crippen LogP contribution is -1.99. The summed E-state index contributed by atoms with van der Waals surface area (Å²) >= 11 is 4.13. The van der Waals surface area contributed by atoms with Crippen molar-refractivity contribution in [3.8, 4) is 0 Å². The highest BCUT2D eigenvalue weighted by molar-refractivity contribution is 9.58. The Hall–Kier alpha value is -1.58. The van der Waals surface area contributed by atoms with Crippen molar-refractivity contribution in [2.24, 2.45) is 0 Å². The summed E-state index contributed by atoms with van der Waals surface area (Å²) < 4.78 is 13.5. The van der Waals surface area contributed by atoms with Crippen LogP contribution in [0.5, 0.6) is 0 Å². The minimum atomic E-state index is -1.64. The maximum Gasteiger partial charge on any atom is 0.123 e. The Labute approximate surface area is 158 Å².